The van der Waals surface area contributed by atoms with Crippen LogP contribution in [0.1, 0.15) is 33.6 Å². The van der Waals surface area contributed by atoms with Gasteiger partial charge in [-0.05, 0) is 26.8 Å². The fourth-order valence-electron chi connectivity index (χ4n) is 0.935. The summed E-state index contributed by atoms with van der Waals surface area (Å²) in [5.74, 6) is 0. The Kier molecular flexibility index (Phi) is 7.75. The van der Waals surface area contributed by atoms with Crippen molar-refractivity contribution in [3.63, 3.8) is 0 Å². The first-order valence-corrected chi connectivity index (χ1v) is 6.86. The highest BCUT2D eigenvalue weighted by molar-refractivity contribution is 7.58. The highest BCUT2D eigenvalue weighted by atomic mass is 31.2. The lowest BCUT2D eigenvalue weighted by Gasteiger charge is -2.19. The smallest absolute Gasteiger partial charge is 0.394 e. The predicted molar refractivity (Wildman–Crippen MR) is 60.9 cm³/mol. The van der Waals surface area contributed by atoms with Crippen LogP contribution in [0.5, 0.6) is 0 Å². The largest absolute Gasteiger partial charge is 0.486 e. The zero-order chi connectivity index (χ0) is 11.7. The molecule has 0 aromatic carbocycles. The van der Waals surface area contributed by atoms with Crippen molar-refractivity contribution in [2.75, 3.05) is 19.8 Å². The Morgan fingerprint density at radius 1 is 1.20 bits per heavy atom. The molecule has 5 heteroatoms. The minimum atomic E-state index is -3.27. The van der Waals surface area contributed by atoms with Crippen LogP contribution in [0.3, 0.4) is 0 Å². The molecule has 0 fully saturated rings. The summed E-state index contributed by atoms with van der Waals surface area (Å²) in [6.45, 7) is 10.3. The Balaban J connectivity index is 4.22. The molecule has 0 aromatic rings. The van der Waals surface area contributed by atoms with Crippen LogP contribution in [0, 0.1) is 0 Å². The molecule has 0 aromatic heterocycles. The number of ether oxygens (including phenoxy) is 1. The molecule has 0 heterocycles. The molecule has 0 amide bonds. The van der Waals surface area contributed by atoms with Crippen molar-refractivity contribution < 1.29 is 18.3 Å². The number of hydrogen-bond donors (Lipinski definition) is 0. The van der Waals surface area contributed by atoms with Crippen LogP contribution in [-0.2, 0) is 18.3 Å². The molecule has 0 aliphatic carbocycles. The van der Waals surface area contributed by atoms with Crippen molar-refractivity contribution in [1.82, 2.24) is 0 Å². The SMILES string of the molecule is C=C(OCCCC)P(=O)(OCC)OCC. The summed E-state index contributed by atoms with van der Waals surface area (Å²) >= 11 is 0. The highest BCUT2D eigenvalue weighted by Gasteiger charge is 2.29. The maximum absolute atomic E-state index is 12.0. The normalized spacial score (nSPS) is 11.4. The molecule has 0 saturated carbocycles. The third-order valence-corrected chi connectivity index (χ3v) is 3.61. The van der Waals surface area contributed by atoms with Gasteiger partial charge >= 0.3 is 7.60 Å². The second-order valence-corrected chi connectivity index (χ2v) is 4.94. The molecule has 90 valence electrons. The van der Waals surface area contributed by atoms with Gasteiger partial charge in [0.1, 0.15) is 0 Å². The quantitative estimate of drug-likeness (QED) is 0.349. The van der Waals surface area contributed by atoms with E-state index in [1.165, 1.54) is 0 Å². The minimum Gasteiger partial charge on any atom is -0.486 e. The first kappa shape index (κ1) is 14.7. The lowest BCUT2D eigenvalue weighted by molar-refractivity contribution is 0.175. The van der Waals surface area contributed by atoms with E-state index in [1.54, 1.807) is 13.8 Å². The molecule has 0 atom stereocenters. The van der Waals surface area contributed by atoms with E-state index in [-0.39, 0.29) is 5.50 Å². The molecular weight excluding hydrogens is 215 g/mol. The zero-order valence-corrected chi connectivity index (χ0v) is 10.7. The maximum Gasteiger partial charge on any atom is 0.394 e. The lowest BCUT2D eigenvalue weighted by atomic mass is 10.4. The average Bonchev–Trinajstić information content (AvgIpc) is 2.18. The van der Waals surface area contributed by atoms with Gasteiger partial charge in [-0.25, -0.2) is 0 Å². The van der Waals surface area contributed by atoms with Gasteiger partial charge in [0.05, 0.1) is 19.8 Å². The van der Waals surface area contributed by atoms with Crippen molar-refractivity contribution in [3.05, 3.63) is 12.1 Å². The monoisotopic (exact) mass is 236 g/mol. The topological polar surface area (TPSA) is 44.8 Å². The molecule has 0 unspecified atom stereocenters. The molecule has 0 rings (SSSR count). The Hall–Kier alpha value is -0.310. The first-order chi connectivity index (χ1) is 7.10. The Labute approximate surface area is 92.1 Å². The number of unbranched alkanes of at least 4 members (excludes halogenated alkanes) is 1. The number of hydrogen-bond acceptors (Lipinski definition) is 4. The van der Waals surface area contributed by atoms with Gasteiger partial charge in [-0.15, -0.1) is 0 Å². The van der Waals surface area contributed by atoms with Crippen molar-refractivity contribution >= 4 is 7.60 Å². The predicted octanol–water partition coefficient (Wildman–Crippen LogP) is 3.54. The summed E-state index contributed by atoms with van der Waals surface area (Å²) in [6, 6.07) is 0. The van der Waals surface area contributed by atoms with E-state index in [4.69, 9.17) is 13.8 Å². The van der Waals surface area contributed by atoms with E-state index in [1.807, 2.05) is 0 Å². The average molecular weight is 236 g/mol. The van der Waals surface area contributed by atoms with Crippen LogP contribution in [0.4, 0.5) is 0 Å². The summed E-state index contributed by atoms with van der Waals surface area (Å²) in [5.41, 5.74) is 0.111. The van der Waals surface area contributed by atoms with Crippen LogP contribution in [0.2, 0.25) is 0 Å². The zero-order valence-electron chi connectivity index (χ0n) is 9.82. The fraction of sp³-hybridized carbons (Fsp3) is 0.800. The van der Waals surface area contributed by atoms with Crippen molar-refractivity contribution in [2.45, 2.75) is 33.6 Å². The minimum absolute atomic E-state index is 0.111. The van der Waals surface area contributed by atoms with Crippen LogP contribution >= 0.6 is 7.60 Å². The Morgan fingerprint density at radius 3 is 2.13 bits per heavy atom. The molecule has 0 bridgehead atoms. The lowest BCUT2D eigenvalue weighted by Crippen LogP contribution is -2.02. The summed E-state index contributed by atoms with van der Waals surface area (Å²) in [7, 11) is -3.27. The second-order valence-electron chi connectivity index (χ2n) is 2.93. The molecule has 0 aliphatic rings. The van der Waals surface area contributed by atoms with Gasteiger partial charge in [0.2, 0.25) is 5.50 Å². The summed E-state index contributed by atoms with van der Waals surface area (Å²) < 4.78 is 27.4. The van der Waals surface area contributed by atoms with Gasteiger partial charge in [0.25, 0.3) is 0 Å². The van der Waals surface area contributed by atoms with E-state index in [0.717, 1.165) is 12.8 Å². The molecule has 0 spiro atoms. The van der Waals surface area contributed by atoms with Gasteiger partial charge in [-0.1, -0.05) is 13.3 Å². The van der Waals surface area contributed by atoms with Crippen LogP contribution in [-0.4, -0.2) is 19.8 Å². The van der Waals surface area contributed by atoms with E-state index in [9.17, 15) is 4.57 Å². The van der Waals surface area contributed by atoms with Gasteiger partial charge < -0.3 is 13.8 Å². The van der Waals surface area contributed by atoms with Crippen molar-refractivity contribution in [1.29, 1.82) is 0 Å². The first-order valence-electron chi connectivity index (χ1n) is 5.32. The van der Waals surface area contributed by atoms with Crippen molar-refractivity contribution in [3.8, 4) is 0 Å². The standard InChI is InChI=1S/C10H21O4P/c1-5-8-9-12-10(4)15(11,13-6-2)14-7-3/h4-9H2,1-3H3. The van der Waals surface area contributed by atoms with Crippen LogP contribution in [0.15, 0.2) is 12.1 Å². The molecule has 0 radical (unpaired) electrons. The highest BCUT2D eigenvalue weighted by Crippen LogP contribution is 2.55. The molecule has 0 saturated heterocycles. The van der Waals surface area contributed by atoms with E-state index in [0.29, 0.717) is 19.8 Å². The third-order valence-electron chi connectivity index (χ3n) is 1.67. The van der Waals surface area contributed by atoms with Gasteiger partial charge in [-0.2, -0.15) is 0 Å². The summed E-state index contributed by atoms with van der Waals surface area (Å²) in [5, 5.41) is 0. The molecule has 4 nitrogen and oxygen atoms in total. The van der Waals surface area contributed by atoms with Gasteiger partial charge in [0, 0.05) is 0 Å². The maximum atomic E-state index is 12.0. The number of rotatable bonds is 9. The Morgan fingerprint density at radius 2 is 1.73 bits per heavy atom. The molecule has 15 heavy (non-hydrogen) atoms. The third kappa shape index (κ3) is 5.36. The molecule has 0 N–H and O–H groups in total. The second kappa shape index (κ2) is 7.91. The van der Waals surface area contributed by atoms with E-state index >= 15 is 0 Å². The Bertz CT molecular complexity index is 217. The van der Waals surface area contributed by atoms with Crippen LogP contribution in [0.25, 0.3) is 0 Å². The van der Waals surface area contributed by atoms with E-state index in [2.05, 4.69) is 13.5 Å². The summed E-state index contributed by atoms with van der Waals surface area (Å²) in [4.78, 5) is 0. The van der Waals surface area contributed by atoms with Crippen LogP contribution < -0.4 is 0 Å². The molecular formula is C10H21O4P. The van der Waals surface area contributed by atoms with Gasteiger partial charge in [0.15, 0.2) is 0 Å². The summed E-state index contributed by atoms with van der Waals surface area (Å²) in [6.07, 6.45) is 1.91. The van der Waals surface area contributed by atoms with Crippen molar-refractivity contribution in [2.24, 2.45) is 0 Å². The van der Waals surface area contributed by atoms with E-state index < -0.39 is 7.60 Å². The van der Waals surface area contributed by atoms with Gasteiger partial charge in [-0.3, -0.25) is 4.57 Å². The molecule has 0 aliphatic heterocycles. The fourth-order valence-corrected chi connectivity index (χ4v) is 2.23.